The molecule has 1 rings (SSSR count). The lowest BCUT2D eigenvalue weighted by atomic mass is 10.1. The maximum atomic E-state index is 13.6. The van der Waals surface area contributed by atoms with E-state index < -0.39 is 0 Å². The minimum Gasteiger partial charge on any atom is -0.302 e. The largest absolute Gasteiger partial charge is 0.302 e. The fourth-order valence-corrected chi connectivity index (χ4v) is 1.59. The summed E-state index contributed by atoms with van der Waals surface area (Å²) in [6, 6.07) is 6.59. The van der Waals surface area contributed by atoms with Crippen molar-refractivity contribution in [1.82, 2.24) is 4.90 Å². The third kappa shape index (κ3) is 4.54. The van der Waals surface area contributed by atoms with Gasteiger partial charge in [-0.2, -0.15) is 5.26 Å². The van der Waals surface area contributed by atoms with Gasteiger partial charge in [-0.3, -0.25) is 0 Å². The Morgan fingerprint density at radius 3 is 2.65 bits per heavy atom. The summed E-state index contributed by atoms with van der Waals surface area (Å²) < 4.78 is 13.6. The zero-order chi connectivity index (χ0) is 12.8. The highest BCUT2D eigenvalue weighted by atomic mass is 19.1. The van der Waals surface area contributed by atoms with Gasteiger partial charge < -0.3 is 4.90 Å². The molecule has 3 heteroatoms. The van der Waals surface area contributed by atoms with Crippen molar-refractivity contribution < 1.29 is 4.39 Å². The van der Waals surface area contributed by atoms with Crippen LogP contribution in [0.2, 0.25) is 0 Å². The Bertz CT molecular complexity index is 407. The Kier molecular flexibility index (Phi) is 5.11. The second-order valence-corrected chi connectivity index (χ2v) is 4.84. The molecule has 0 aliphatic heterocycles. The van der Waals surface area contributed by atoms with E-state index in [0.717, 1.165) is 13.0 Å². The van der Waals surface area contributed by atoms with Crippen LogP contribution in [0.3, 0.4) is 0 Å². The zero-order valence-corrected chi connectivity index (χ0v) is 10.7. The highest BCUT2D eigenvalue weighted by Gasteiger charge is 2.07. The van der Waals surface area contributed by atoms with Gasteiger partial charge in [-0.1, -0.05) is 19.9 Å². The van der Waals surface area contributed by atoms with Crippen LogP contribution >= 0.6 is 0 Å². The first-order valence-electron chi connectivity index (χ1n) is 5.90. The first-order valence-corrected chi connectivity index (χ1v) is 5.90. The van der Waals surface area contributed by atoms with Gasteiger partial charge in [-0.15, -0.1) is 0 Å². The Morgan fingerprint density at radius 2 is 2.12 bits per heavy atom. The van der Waals surface area contributed by atoms with E-state index in [1.54, 1.807) is 12.1 Å². The molecular formula is C14H19FN2. The lowest BCUT2D eigenvalue weighted by molar-refractivity contribution is 0.299. The van der Waals surface area contributed by atoms with Gasteiger partial charge >= 0.3 is 0 Å². The molecule has 0 heterocycles. The summed E-state index contributed by atoms with van der Waals surface area (Å²) in [4.78, 5) is 2.10. The van der Waals surface area contributed by atoms with Gasteiger partial charge in [0, 0.05) is 12.1 Å². The van der Waals surface area contributed by atoms with E-state index in [2.05, 4.69) is 18.7 Å². The Balaban J connectivity index is 2.60. The van der Waals surface area contributed by atoms with E-state index in [0.29, 0.717) is 23.6 Å². The number of hydrogen-bond acceptors (Lipinski definition) is 2. The van der Waals surface area contributed by atoms with Crippen LogP contribution in [0.15, 0.2) is 18.2 Å². The average molecular weight is 234 g/mol. The molecule has 0 N–H and O–H groups in total. The van der Waals surface area contributed by atoms with E-state index in [9.17, 15) is 4.39 Å². The van der Waals surface area contributed by atoms with Crippen molar-refractivity contribution in [2.24, 2.45) is 5.92 Å². The maximum Gasteiger partial charge on any atom is 0.129 e. The molecule has 0 atom stereocenters. The standard InChI is InChI=1S/C14H19FN2/c1-11(2)6-7-17(3)10-13-5-4-12(9-16)8-14(13)15/h4-5,8,11H,6-7,10H2,1-3H3. The van der Waals surface area contributed by atoms with Crippen molar-refractivity contribution in [3.63, 3.8) is 0 Å². The highest BCUT2D eigenvalue weighted by Crippen LogP contribution is 2.12. The molecule has 17 heavy (non-hydrogen) atoms. The van der Waals surface area contributed by atoms with E-state index in [4.69, 9.17) is 5.26 Å². The minimum absolute atomic E-state index is 0.291. The molecule has 1 aromatic rings. The number of hydrogen-bond donors (Lipinski definition) is 0. The summed E-state index contributed by atoms with van der Waals surface area (Å²) in [6.07, 6.45) is 1.11. The van der Waals surface area contributed by atoms with Crippen LogP contribution in [0.4, 0.5) is 4.39 Å². The van der Waals surface area contributed by atoms with Crippen LogP contribution in [0.5, 0.6) is 0 Å². The summed E-state index contributed by atoms with van der Waals surface area (Å²) in [6.45, 7) is 5.90. The van der Waals surface area contributed by atoms with Gasteiger partial charge in [0.15, 0.2) is 0 Å². The number of benzene rings is 1. The summed E-state index contributed by atoms with van der Waals surface area (Å²) in [7, 11) is 1.99. The van der Waals surface area contributed by atoms with Gasteiger partial charge in [-0.05, 0) is 38.1 Å². The van der Waals surface area contributed by atoms with Gasteiger partial charge in [0.2, 0.25) is 0 Å². The molecule has 0 saturated carbocycles. The van der Waals surface area contributed by atoms with Crippen LogP contribution < -0.4 is 0 Å². The minimum atomic E-state index is -0.291. The fraction of sp³-hybridized carbons (Fsp3) is 0.500. The predicted octanol–water partition coefficient (Wildman–Crippen LogP) is 3.18. The van der Waals surface area contributed by atoms with E-state index in [1.807, 2.05) is 13.1 Å². The van der Waals surface area contributed by atoms with E-state index in [1.165, 1.54) is 6.07 Å². The normalized spacial score (nSPS) is 10.9. The molecule has 0 spiro atoms. The maximum absolute atomic E-state index is 13.6. The van der Waals surface area contributed by atoms with Crippen molar-refractivity contribution in [3.8, 4) is 6.07 Å². The lowest BCUT2D eigenvalue weighted by Gasteiger charge is -2.18. The SMILES string of the molecule is CC(C)CCN(C)Cc1ccc(C#N)cc1F. The Hall–Kier alpha value is -1.40. The summed E-state index contributed by atoms with van der Waals surface area (Å²) in [5, 5.41) is 8.65. The highest BCUT2D eigenvalue weighted by molar-refractivity contribution is 5.32. The Morgan fingerprint density at radius 1 is 1.41 bits per heavy atom. The monoisotopic (exact) mass is 234 g/mol. The number of nitrogens with zero attached hydrogens (tertiary/aromatic N) is 2. The molecule has 0 fully saturated rings. The van der Waals surface area contributed by atoms with E-state index in [-0.39, 0.29) is 5.82 Å². The quantitative estimate of drug-likeness (QED) is 0.782. The van der Waals surface area contributed by atoms with Crippen molar-refractivity contribution >= 4 is 0 Å². The zero-order valence-electron chi connectivity index (χ0n) is 10.7. The van der Waals surface area contributed by atoms with Crippen molar-refractivity contribution in [2.75, 3.05) is 13.6 Å². The summed E-state index contributed by atoms with van der Waals surface area (Å²) in [5.41, 5.74) is 1.02. The second-order valence-electron chi connectivity index (χ2n) is 4.84. The molecule has 0 saturated heterocycles. The van der Waals surface area contributed by atoms with Crippen LogP contribution in [0.1, 0.15) is 31.4 Å². The van der Waals surface area contributed by atoms with Gasteiger partial charge in [-0.25, -0.2) is 4.39 Å². The molecule has 1 aromatic carbocycles. The third-order valence-electron chi connectivity index (χ3n) is 2.71. The van der Waals surface area contributed by atoms with Crippen LogP contribution in [-0.4, -0.2) is 18.5 Å². The average Bonchev–Trinajstić information content (AvgIpc) is 2.29. The summed E-state index contributed by atoms with van der Waals surface area (Å²) in [5.74, 6) is 0.365. The molecule has 0 amide bonds. The topological polar surface area (TPSA) is 27.0 Å². The molecule has 0 bridgehead atoms. The van der Waals surface area contributed by atoms with Crippen LogP contribution in [-0.2, 0) is 6.54 Å². The predicted molar refractivity (Wildman–Crippen MR) is 66.9 cm³/mol. The van der Waals surface area contributed by atoms with Crippen LogP contribution in [0, 0.1) is 23.1 Å². The van der Waals surface area contributed by atoms with Gasteiger partial charge in [0.25, 0.3) is 0 Å². The van der Waals surface area contributed by atoms with Crippen molar-refractivity contribution in [1.29, 1.82) is 5.26 Å². The van der Waals surface area contributed by atoms with Gasteiger partial charge in [0.05, 0.1) is 11.6 Å². The molecule has 0 unspecified atom stereocenters. The third-order valence-corrected chi connectivity index (χ3v) is 2.71. The Labute approximate surface area is 103 Å². The van der Waals surface area contributed by atoms with Crippen molar-refractivity contribution in [3.05, 3.63) is 35.1 Å². The molecule has 92 valence electrons. The number of nitriles is 1. The van der Waals surface area contributed by atoms with Crippen LogP contribution in [0.25, 0.3) is 0 Å². The summed E-state index contributed by atoms with van der Waals surface area (Å²) >= 11 is 0. The number of rotatable bonds is 5. The lowest BCUT2D eigenvalue weighted by Crippen LogP contribution is -2.21. The smallest absolute Gasteiger partial charge is 0.129 e. The fourth-order valence-electron chi connectivity index (χ4n) is 1.59. The van der Waals surface area contributed by atoms with Gasteiger partial charge in [0.1, 0.15) is 5.82 Å². The molecule has 0 radical (unpaired) electrons. The first-order chi connectivity index (χ1) is 8.02. The molecule has 0 aliphatic carbocycles. The second kappa shape index (κ2) is 6.36. The molecular weight excluding hydrogens is 215 g/mol. The number of halogens is 1. The first kappa shape index (κ1) is 13.7. The molecule has 0 aliphatic rings. The van der Waals surface area contributed by atoms with Crippen molar-refractivity contribution in [2.45, 2.75) is 26.8 Å². The molecule has 2 nitrogen and oxygen atoms in total. The van der Waals surface area contributed by atoms with E-state index >= 15 is 0 Å². The molecule has 0 aromatic heterocycles.